The van der Waals surface area contributed by atoms with Crippen LogP contribution in [0, 0.1) is 5.82 Å². The summed E-state index contributed by atoms with van der Waals surface area (Å²) in [5.41, 5.74) is 2.02. The van der Waals surface area contributed by atoms with Crippen LogP contribution in [0.15, 0.2) is 48.5 Å². The molecule has 24 heavy (non-hydrogen) atoms. The SMILES string of the molecule is O=C(S)Nc1ccc(N(c2ccccc2)C2CCCCC2)cc1F. The highest BCUT2D eigenvalue weighted by molar-refractivity contribution is 7.96. The molecule has 0 saturated heterocycles. The van der Waals surface area contributed by atoms with Crippen LogP contribution in [0.25, 0.3) is 0 Å². The van der Waals surface area contributed by atoms with Gasteiger partial charge in [0.25, 0.3) is 5.24 Å². The van der Waals surface area contributed by atoms with Gasteiger partial charge in [-0.05, 0) is 43.2 Å². The third kappa shape index (κ3) is 3.90. The minimum absolute atomic E-state index is 0.149. The second-order valence-corrected chi connectivity index (χ2v) is 6.50. The average molecular weight is 344 g/mol. The molecule has 1 aliphatic rings. The summed E-state index contributed by atoms with van der Waals surface area (Å²) in [7, 11) is 0. The highest BCUT2D eigenvalue weighted by Gasteiger charge is 2.23. The molecule has 5 heteroatoms. The molecule has 1 fully saturated rings. The van der Waals surface area contributed by atoms with Crippen molar-refractivity contribution < 1.29 is 9.18 Å². The fraction of sp³-hybridized carbons (Fsp3) is 0.316. The van der Waals surface area contributed by atoms with Crippen molar-refractivity contribution in [1.29, 1.82) is 0 Å². The van der Waals surface area contributed by atoms with E-state index < -0.39 is 11.1 Å². The highest BCUT2D eigenvalue weighted by atomic mass is 32.1. The van der Waals surface area contributed by atoms with Gasteiger partial charge in [-0.1, -0.05) is 50.1 Å². The summed E-state index contributed by atoms with van der Waals surface area (Å²) >= 11 is 3.64. The predicted molar refractivity (Wildman–Crippen MR) is 99.9 cm³/mol. The highest BCUT2D eigenvalue weighted by Crippen LogP contribution is 2.35. The van der Waals surface area contributed by atoms with Crippen molar-refractivity contribution in [2.24, 2.45) is 0 Å². The van der Waals surface area contributed by atoms with Crippen LogP contribution in [0.1, 0.15) is 32.1 Å². The van der Waals surface area contributed by atoms with Gasteiger partial charge in [0.2, 0.25) is 0 Å². The fourth-order valence-corrected chi connectivity index (χ4v) is 3.49. The first-order valence-electron chi connectivity index (χ1n) is 8.29. The first-order chi connectivity index (χ1) is 11.6. The number of nitrogens with zero attached hydrogens (tertiary/aromatic N) is 1. The molecular weight excluding hydrogens is 323 g/mol. The summed E-state index contributed by atoms with van der Waals surface area (Å²) in [6.07, 6.45) is 5.87. The Morgan fingerprint density at radius 3 is 2.38 bits per heavy atom. The van der Waals surface area contributed by atoms with E-state index in [1.807, 2.05) is 24.3 Å². The van der Waals surface area contributed by atoms with Gasteiger partial charge in [0.15, 0.2) is 0 Å². The van der Waals surface area contributed by atoms with Crippen LogP contribution in [0.2, 0.25) is 0 Å². The van der Waals surface area contributed by atoms with E-state index in [9.17, 15) is 9.18 Å². The molecule has 2 aromatic rings. The molecule has 0 unspecified atom stereocenters. The van der Waals surface area contributed by atoms with E-state index in [1.54, 1.807) is 6.07 Å². The van der Waals surface area contributed by atoms with Crippen LogP contribution >= 0.6 is 12.6 Å². The zero-order chi connectivity index (χ0) is 16.9. The molecule has 1 amide bonds. The van der Waals surface area contributed by atoms with Gasteiger partial charge in [-0.15, -0.1) is 0 Å². The molecule has 1 saturated carbocycles. The van der Waals surface area contributed by atoms with Gasteiger partial charge in [0, 0.05) is 17.4 Å². The van der Waals surface area contributed by atoms with E-state index in [2.05, 4.69) is 35.0 Å². The number of anilines is 3. The number of carbonyl (C=O) groups is 1. The Balaban J connectivity index is 1.96. The molecule has 1 N–H and O–H groups in total. The van der Waals surface area contributed by atoms with Crippen molar-refractivity contribution in [3.63, 3.8) is 0 Å². The Kier molecular flexibility index (Phi) is 5.41. The predicted octanol–water partition coefficient (Wildman–Crippen LogP) is 5.76. The molecule has 0 spiro atoms. The normalized spacial score (nSPS) is 15.1. The summed E-state index contributed by atoms with van der Waals surface area (Å²) in [6.45, 7) is 0. The van der Waals surface area contributed by atoms with Gasteiger partial charge < -0.3 is 10.2 Å². The number of halogens is 1. The minimum Gasteiger partial charge on any atom is -0.338 e. The number of benzene rings is 2. The molecule has 3 rings (SSSR count). The molecule has 3 nitrogen and oxygen atoms in total. The van der Waals surface area contributed by atoms with Gasteiger partial charge in [-0.2, -0.15) is 0 Å². The standard InChI is InChI=1S/C19H21FN2OS/c20-17-13-16(11-12-18(17)21-19(23)24)22(14-7-3-1-4-8-14)15-9-5-2-6-10-15/h1,3-4,7-8,11-13,15H,2,5-6,9-10H2,(H2,21,23,24). The summed E-state index contributed by atoms with van der Waals surface area (Å²) in [5.74, 6) is -0.452. The van der Waals surface area contributed by atoms with Crippen LogP contribution in [-0.2, 0) is 0 Å². The fourth-order valence-electron chi connectivity index (χ4n) is 3.37. The summed E-state index contributed by atoms with van der Waals surface area (Å²) < 4.78 is 14.4. The van der Waals surface area contributed by atoms with Crippen molar-refractivity contribution in [3.05, 3.63) is 54.3 Å². The molecule has 0 bridgehead atoms. The Bertz CT molecular complexity index is 702. The number of nitrogens with one attached hydrogen (secondary N) is 1. The van der Waals surface area contributed by atoms with Crippen LogP contribution < -0.4 is 10.2 Å². The quantitative estimate of drug-likeness (QED) is 0.691. The van der Waals surface area contributed by atoms with E-state index in [4.69, 9.17) is 0 Å². The van der Waals surface area contributed by atoms with Gasteiger partial charge >= 0.3 is 0 Å². The zero-order valence-electron chi connectivity index (χ0n) is 13.4. The lowest BCUT2D eigenvalue weighted by Crippen LogP contribution is -2.33. The lowest BCUT2D eigenvalue weighted by atomic mass is 9.93. The third-order valence-corrected chi connectivity index (χ3v) is 4.56. The Morgan fingerprint density at radius 2 is 1.75 bits per heavy atom. The molecule has 0 aliphatic heterocycles. The first-order valence-corrected chi connectivity index (χ1v) is 8.73. The third-order valence-electron chi connectivity index (χ3n) is 4.45. The minimum atomic E-state index is -0.575. The molecule has 126 valence electrons. The molecule has 0 atom stereocenters. The van der Waals surface area contributed by atoms with Crippen molar-refractivity contribution in [2.75, 3.05) is 10.2 Å². The largest absolute Gasteiger partial charge is 0.338 e. The molecule has 1 aliphatic carbocycles. The summed E-state index contributed by atoms with van der Waals surface area (Å²) in [6, 6.07) is 15.4. The van der Waals surface area contributed by atoms with Crippen molar-refractivity contribution in [1.82, 2.24) is 0 Å². The molecular formula is C19H21FN2OS. The van der Waals surface area contributed by atoms with E-state index in [0.29, 0.717) is 6.04 Å². The topological polar surface area (TPSA) is 32.3 Å². The summed E-state index contributed by atoms with van der Waals surface area (Å²) in [5, 5.41) is 1.82. The molecule has 0 aromatic heterocycles. The van der Waals surface area contributed by atoms with E-state index >= 15 is 0 Å². The van der Waals surface area contributed by atoms with E-state index in [0.717, 1.165) is 24.2 Å². The second kappa shape index (κ2) is 7.71. The average Bonchev–Trinajstić information content (AvgIpc) is 2.59. The van der Waals surface area contributed by atoms with Crippen LogP contribution in [0.3, 0.4) is 0 Å². The number of rotatable bonds is 4. The van der Waals surface area contributed by atoms with Crippen molar-refractivity contribution >= 4 is 34.9 Å². The monoisotopic (exact) mass is 344 g/mol. The van der Waals surface area contributed by atoms with Crippen LogP contribution in [0.5, 0.6) is 0 Å². The van der Waals surface area contributed by atoms with Crippen molar-refractivity contribution in [2.45, 2.75) is 38.1 Å². The van der Waals surface area contributed by atoms with Gasteiger partial charge in [0.05, 0.1) is 5.69 Å². The molecule has 2 aromatic carbocycles. The first kappa shape index (κ1) is 16.8. The maximum Gasteiger partial charge on any atom is 0.280 e. The zero-order valence-corrected chi connectivity index (χ0v) is 14.3. The maximum absolute atomic E-state index is 14.4. The number of amides is 1. The number of hydrogen-bond donors (Lipinski definition) is 2. The second-order valence-electron chi connectivity index (χ2n) is 6.09. The number of hydrogen-bond acceptors (Lipinski definition) is 2. The van der Waals surface area contributed by atoms with Crippen LogP contribution in [-0.4, -0.2) is 11.3 Å². The van der Waals surface area contributed by atoms with Crippen molar-refractivity contribution in [3.8, 4) is 0 Å². The lowest BCUT2D eigenvalue weighted by molar-refractivity contribution is 0.270. The number of carbonyl (C=O) groups excluding carboxylic acids is 1. The van der Waals surface area contributed by atoms with E-state index in [-0.39, 0.29) is 5.69 Å². The van der Waals surface area contributed by atoms with E-state index in [1.165, 1.54) is 25.3 Å². The smallest absolute Gasteiger partial charge is 0.280 e. The van der Waals surface area contributed by atoms with Gasteiger partial charge in [-0.3, -0.25) is 4.79 Å². The Morgan fingerprint density at radius 1 is 1.04 bits per heavy atom. The van der Waals surface area contributed by atoms with Gasteiger partial charge in [-0.25, -0.2) is 4.39 Å². The maximum atomic E-state index is 14.4. The molecule has 0 heterocycles. The van der Waals surface area contributed by atoms with Gasteiger partial charge in [0.1, 0.15) is 5.82 Å². The molecule has 0 radical (unpaired) electrons. The van der Waals surface area contributed by atoms with Crippen LogP contribution in [0.4, 0.5) is 26.2 Å². The number of thiol groups is 1. The summed E-state index contributed by atoms with van der Waals surface area (Å²) in [4.78, 5) is 13.2. The Hall–Kier alpha value is -2.01. The lowest BCUT2D eigenvalue weighted by Gasteiger charge is -2.36. The Labute approximate surface area is 147 Å². The number of para-hydroxylation sites is 1.